The van der Waals surface area contributed by atoms with Gasteiger partial charge in [-0.15, -0.1) is 0 Å². The van der Waals surface area contributed by atoms with Crippen molar-refractivity contribution < 1.29 is 14.3 Å². The number of hydrogen-bond acceptors (Lipinski definition) is 4. The van der Waals surface area contributed by atoms with Gasteiger partial charge in [-0.3, -0.25) is 9.69 Å². The van der Waals surface area contributed by atoms with Crippen LogP contribution in [0, 0.1) is 0 Å². The topological polar surface area (TPSA) is 50.8 Å². The van der Waals surface area contributed by atoms with Gasteiger partial charge in [-0.25, -0.2) is 0 Å². The quantitative estimate of drug-likeness (QED) is 0.846. The summed E-state index contributed by atoms with van der Waals surface area (Å²) >= 11 is 11.7. The molecule has 1 saturated heterocycles. The van der Waals surface area contributed by atoms with Gasteiger partial charge < -0.3 is 14.8 Å². The predicted octanol–water partition coefficient (Wildman–Crippen LogP) is 2.60. The smallest absolute Gasteiger partial charge is 0.257 e. The fourth-order valence-electron chi connectivity index (χ4n) is 2.59. The first-order valence-corrected chi connectivity index (χ1v) is 8.42. The third-order valence-electron chi connectivity index (χ3n) is 3.51. The van der Waals surface area contributed by atoms with Crippen molar-refractivity contribution in [3.8, 4) is 5.75 Å². The maximum atomic E-state index is 11.8. The molecule has 1 aliphatic heterocycles. The lowest BCUT2D eigenvalue weighted by Crippen LogP contribution is -2.48. The molecule has 1 aromatic carbocycles. The van der Waals surface area contributed by atoms with Crippen LogP contribution < -0.4 is 10.1 Å². The zero-order valence-electron chi connectivity index (χ0n) is 13.4. The van der Waals surface area contributed by atoms with Crippen molar-refractivity contribution in [3.05, 3.63) is 28.2 Å². The minimum absolute atomic E-state index is 0.0477. The zero-order valence-corrected chi connectivity index (χ0v) is 14.9. The molecule has 5 nitrogen and oxygen atoms in total. The molecule has 23 heavy (non-hydrogen) atoms. The Bertz CT molecular complexity index is 532. The highest BCUT2D eigenvalue weighted by atomic mass is 35.5. The first kappa shape index (κ1) is 18.3. The van der Waals surface area contributed by atoms with Crippen molar-refractivity contribution >= 4 is 29.1 Å². The third kappa shape index (κ3) is 6.18. The Morgan fingerprint density at radius 1 is 1.30 bits per heavy atom. The van der Waals surface area contributed by atoms with Crippen LogP contribution in [0.15, 0.2) is 18.2 Å². The molecule has 0 spiro atoms. The maximum absolute atomic E-state index is 11.8. The van der Waals surface area contributed by atoms with E-state index in [2.05, 4.69) is 24.1 Å². The van der Waals surface area contributed by atoms with Crippen LogP contribution >= 0.6 is 23.2 Å². The molecule has 0 aromatic heterocycles. The number of benzene rings is 1. The highest BCUT2D eigenvalue weighted by Gasteiger charge is 2.21. The molecule has 2 rings (SSSR count). The van der Waals surface area contributed by atoms with E-state index in [1.54, 1.807) is 18.2 Å². The molecule has 1 fully saturated rings. The van der Waals surface area contributed by atoms with Crippen LogP contribution in [0.4, 0.5) is 0 Å². The van der Waals surface area contributed by atoms with Crippen molar-refractivity contribution in [2.24, 2.45) is 0 Å². The van der Waals surface area contributed by atoms with Crippen molar-refractivity contribution in [2.75, 3.05) is 32.8 Å². The summed E-state index contributed by atoms with van der Waals surface area (Å²) in [5.41, 5.74) is 0. The Kier molecular flexibility index (Phi) is 6.96. The Labute approximate surface area is 146 Å². The molecule has 1 aromatic rings. The Hall–Kier alpha value is -1.01. The lowest BCUT2D eigenvalue weighted by atomic mass is 10.2. The average molecular weight is 361 g/mol. The van der Waals surface area contributed by atoms with E-state index in [0.29, 0.717) is 22.3 Å². The standard InChI is InChI=1S/C16H22Cl2N2O3/c1-11-8-20(9-12(2)23-11)6-5-19-16(21)10-22-13-3-4-14(17)15(18)7-13/h3-4,7,11-12H,5-6,8-10H2,1-2H3,(H,19,21)/t11-,12+. The van der Waals surface area contributed by atoms with E-state index >= 15 is 0 Å². The van der Waals surface area contributed by atoms with Crippen LogP contribution in [0.3, 0.4) is 0 Å². The van der Waals surface area contributed by atoms with Gasteiger partial charge in [0.05, 0.1) is 22.3 Å². The number of nitrogens with one attached hydrogen (secondary N) is 1. The largest absolute Gasteiger partial charge is 0.484 e. The van der Waals surface area contributed by atoms with E-state index in [0.717, 1.165) is 19.6 Å². The van der Waals surface area contributed by atoms with Crippen molar-refractivity contribution in [1.82, 2.24) is 10.2 Å². The molecule has 7 heteroatoms. The fraction of sp³-hybridized carbons (Fsp3) is 0.562. The number of carbonyl (C=O) groups excluding carboxylic acids is 1. The number of rotatable bonds is 6. The summed E-state index contributed by atoms with van der Waals surface area (Å²) in [4.78, 5) is 14.1. The van der Waals surface area contributed by atoms with Crippen LogP contribution in [0.25, 0.3) is 0 Å². The maximum Gasteiger partial charge on any atom is 0.257 e. The van der Waals surface area contributed by atoms with Gasteiger partial charge in [0.1, 0.15) is 5.75 Å². The van der Waals surface area contributed by atoms with Gasteiger partial charge in [-0.2, -0.15) is 0 Å². The van der Waals surface area contributed by atoms with Crippen molar-refractivity contribution in [1.29, 1.82) is 0 Å². The molecular formula is C16H22Cl2N2O3. The number of hydrogen-bond donors (Lipinski definition) is 1. The van der Waals surface area contributed by atoms with Crippen molar-refractivity contribution in [2.45, 2.75) is 26.1 Å². The minimum Gasteiger partial charge on any atom is -0.484 e. The van der Waals surface area contributed by atoms with E-state index in [4.69, 9.17) is 32.7 Å². The molecule has 0 saturated carbocycles. The molecule has 1 N–H and O–H groups in total. The number of ether oxygens (including phenoxy) is 2. The third-order valence-corrected chi connectivity index (χ3v) is 4.25. The fourth-order valence-corrected chi connectivity index (χ4v) is 2.88. The number of nitrogens with zero attached hydrogens (tertiary/aromatic N) is 1. The van der Waals surface area contributed by atoms with Crippen LogP contribution in [-0.2, 0) is 9.53 Å². The average Bonchev–Trinajstić information content (AvgIpc) is 2.47. The lowest BCUT2D eigenvalue weighted by Gasteiger charge is -2.35. The normalized spacial score (nSPS) is 21.9. The van der Waals surface area contributed by atoms with Crippen LogP contribution in [-0.4, -0.2) is 55.8 Å². The molecular weight excluding hydrogens is 339 g/mol. The minimum atomic E-state index is -0.162. The second-order valence-corrected chi connectivity index (χ2v) is 6.55. The Balaban J connectivity index is 1.66. The number of carbonyl (C=O) groups is 1. The van der Waals surface area contributed by atoms with E-state index in [9.17, 15) is 4.79 Å². The number of halogens is 2. The molecule has 1 heterocycles. The highest BCUT2D eigenvalue weighted by molar-refractivity contribution is 6.42. The Morgan fingerprint density at radius 2 is 2.00 bits per heavy atom. The molecule has 0 bridgehead atoms. The number of amides is 1. The first-order valence-electron chi connectivity index (χ1n) is 7.66. The summed E-state index contributed by atoms with van der Waals surface area (Å²) < 4.78 is 11.1. The van der Waals surface area contributed by atoms with E-state index in [1.807, 2.05) is 0 Å². The van der Waals surface area contributed by atoms with Crippen LogP contribution in [0.5, 0.6) is 5.75 Å². The summed E-state index contributed by atoms with van der Waals surface area (Å²) in [5.74, 6) is 0.357. The number of morpholine rings is 1. The molecule has 0 aliphatic carbocycles. The van der Waals surface area contributed by atoms with Gasteiger partial charge in [0.2, 0.25) is 0 Å². The van der Waals surface area contributed by atoms with Gasteiger partial charge >= 0.3 is 0 Å². The molecule has 128 valence electrons. The van der Waals surface area contributed by atoms with Gasteiger partial charge in [0.15, 0.2) is 6.61 Å². The Morgan fingerprint density at radius 3 is 2.65 bits per heavy atom. The molecule has 0 radical (unpaired) electrons. The monoisotopic (exact) mass is 360 g/mol. The van der Waals surface area contributed by atoms with Gasteiger partial charge in [0, 0.05) is 32.2 Å². The van der Waals surface area contributed by atoms with Gasteiger partial charge in [0.25, 0.3) is 5.91 Å². The zero-order chi connectivity index (χ0) is 16.8. The molecule has 1 aliphatic rings. The second kappa shape index (κ2) is 8.73. The van der Waals surface area contributed by atoms with E-state index in [-0.39, 0.29) is 24.7 Å². The summed E-state index contributed by atoms with van der Waals surface area (Å²) in [6.07, 6.45) is 0.458. The summed E-state index contributed by atoms with van der Waals surface area (Å²) in [6.45, 7) is 7.24. The van der Waals surface area contributed by atoms with E-state index in [1.165, 1.54) is 0 Å². The molecule has 1 amide bonds. The van der Waals surface area contributed by atoms with Crippen LogP contribution in [0.2, 0.25) is 10.0 Å². The van der Waals surface area contributed by atoms with Gasteiger partial charge in [-0.1, -0.05) is 23.2 Å². The molecule has 0 unspecified atom stereocenters. The summed E-state index contributed by atoms with van der Waals surface area (Å²) in [6, 6.07) is 4.91. The molecule has 2 atom stereocenters. The van der Waals surface area contributed by atoms with Crippen molar-refractivity contribution in [3.63, 3.8) is 0 Å². The van der Waals surface area contributed by atoms with Gasteiger partial charge in [-0.05, 0) is 26.0 Å². The second-order valence-electron chi connectivity index (χ2n) is 5.73. The predicted molar refractivity (Wildman–Crippen MR) is 91.4 cm³/mol. The SMILES string of the molecule is C[C@@H]1CN(CCNC(=O)COc2ccc(Cl)c(Cl)c2)C[C@H](C)O1. The highest BCUT2D eigenvalue weighted by Crippen LogP contribution is 2.26. The van der Waals surface area contributed by atoms with Crippen LogP contribution in [0.1, 0.15) is 13.8 Å². The summed E-state index contributed by atoms with van der Waals surface area (Å²) in [5, 5.41) is 3.71. The first-order chi connectivity index (χ1) is 10.9. The lowest BCUT2D eigenvalue weighted by molar-refractivity contribution is -0.123. The summed E-state index contributed by atoms with van der Waals surface area (Å²) in [7, 11) is 0. The van der Waals surface area contributed by atoms with E-state index < -0.39 is 0 Å².